The number of hydrogen-bond acceptors (Lipinski definition) is 2. The summed E-state index contributed by atoms with van der Waals surface area (Å²) in [5.74, 6) is -0.904. The molecule has 4 heteroatoms. The van der Waals surface area contributed by atoms with E-state index in [1.165, 1.54) is 12.0 Å². The maximum Gasteiger partial charge on any atom is 0.310 e. The van der Waals surface area contributed by atoms with Crippen molar-refractivity contribution in [3.63, 3.8) is 0 Å². The molecule has 0 aromatic heterocycles. The topological polar surface area (TPSA) is 66.4 Å². The Hall–Kier alpha value is -1.32. The maximum atomic E-state index is 12.0. The Labute approximate surface area is 120 Å². The standard InChI is InChI=1S/C16H25NO3/c18-14(17-11-8-13-6-2-3-7-13)12-16(15(19)20)9-4-1-5-10-16/h6H,1-5,7-12H2,(H,17,18)(H,19,20). The van der Waals surface area contributed by atoms with Gasteiger partial charge in [0.15, 0.2) is 0 Å². The number of carboxylic acids is 1. The largest absolute Gasteiger partial charge is 0.481 e. The molecule has 0 aliphatic heterocycles. The monoisotopic (exact) mass is 279 g/mol. The molecular formula is C16H25NO3. The van der Waals surface area contributed by atoms with Crippen molar-refractivity contribution in [3.8, 4) is 0 Å². The highest BCUT2D eigenvalue weighted by Gasteiger charge is 2.41. The van der Waals surface area contributed by atoms with E-state index in [4.69, 9.17) is 0 Å². The Morgan fingerprint density at radius 3 is 2.55 bits per heavy atom. The van der Waals surface area contributed by atoms with Gasteiger partial charge < -0.3 is 10.4 Å². The first-order valence-corrected chi connectivity index (χ1v) is 7.80. The van der Waals surface area contributed by atoms with Crippen LogP contribution in [0.3, 0.4) is 0 Å². The van der Waals surface area contributed by atoms with Gasteiger partial charge in [0.1, 0.15) is 0 Å². The molecule has 4 nitrogen and oxygen atoms in total. The van der Waals surface area contributed by atoms with Crippen LogP contribution in [0.5, 0.6) is 0 Å². The quantitative estimate of drug-likeness (QED) is 0.734. The van der Waals surface area contributed by atoms with Crippen molar-refractivity contribution in [2.24, 2.45) is 5.41 Å². The number of amides is 1. The van der Waals surface area contributed by atoms with E-state index in [0.29, 0.717) is 19.4 Å². The summed E-state index contributed by atoms with van der Waals surface area (Å²) < 4.78 is 0. The summed E-state index contributed by atoms with van der Waals surface area (Å²) in [5, 5.41) is 12.3. The van der Waals surface area contributed by atoms with Gasteiger partial charge in [0.25, 0.3) is 0 Å². The number of rotatable bonds is 6. The SMILES string of the molecule is O=C(CC1(C(=O)O)CCCCC1)NCCC1=CCCC1. The Morgan fingerprint density at radius 1 is 1.20 bits per heavy atom. The highest BCUT2D eigenvalue weighted by molar-refractivity contribution is 5.85. The average Bonchev–Trinajstić information content (AvgIpc) is 2.93. The first-order chi connectivity index (χ1) is 9.62. The molecular weight excluding hydrogens is 254 g/mol. The van der Waals surface area contributed by atoms with E-state index in [2.05, 4.69) is 11.4 Å². The van der Waals surface area contributed by atoms with Crippen LogP contribution < -0.4 is 5.32 Å². The molecule has 2 rings (SSSR count). The van der Waals surface area contributed by atoms with Crippen LogP contribution in [-0.2, 0) is 9.59 Å². The molecule has 0 aromatic rings. The molecule has 2 N–H and O–H groups in total. The van der Waals surface area contributed by atoms with Crippen molar-refractivity contribution in [1.29, 1.82) is 0 Å². The van der Waals surface area contributed by atoms with Crippen LogP contribution in [0.2, 0.25) is 0 Å². The van der Waals surface area contributed by atoms with E-state index in [0.717, 1.165) is 38.5 Å². The number of carbonyl (C=O) groups excluding carboxylic acids is 1. The fourth-order valence-electron chi connectivity index (χ4n) is 3.39. The zero-order valence-corrected chi connectivity index (χ0v) is 12.1. The third-order valence-corrected chi connectivity index (χ3v) is 4.67. The van der Waals surface area contributed by atoms with Crippen LogP contribution in [-0.4, -0.2) is 23.5 Å². The fraction of sp³-hybridized carbons (Fsp3) is 0.750. The molecule has 1 fully saturated rings. The molecule has 0 saturated heterocycles. The molecule has 0 spiro atoms. The summed E-state index contributed by atoms with van der Waals surface area (Å²) in [6.45, 7) is 0.639. The van der Waals surface area contributed by atoms with Crippen LogP contribution in [0.15, 0.2) is 11.6 Å². The van der Waals surface area contributed by atoms with E-state index in [1.54, 1.807) is 0 Å². The third kappa shape index (κ3) is 3.84. The Morgan fingerprint density at radius 2 is 1.95 bits per heavy atom. The van der Waals surface area contributed by atoms with Gasteiger partial charge in [0, 0.05) is 13.0 Å². The summed E-state index contributed by atoms with van der Waals surface area (Å²) in [5.41, 5.74) is 0.616. The van der Waals surface area contributed by atoms with Crippen LogP contribution >= 0.6 is 0 Å². The Balaban J connectivity index is 1.77. The second-order valence-electron chi connectivity index (χ2n) is 6.18. The van der Waals surface area contributed by atoms with Gasteiger partial charge in [0.05, 0.1) is 5.41 Å². The lowest BCUT2D eigenvalue weighted by atomic mass is 9.71. The van der Waals surface area contributed by atoms with Gasteiger partial charge in [0.2, 0.25) is 5.91 Å². The average molecular weight is 279 g/mol. The Bertz CT molecular complexity index is 395. The molecule has 112 valence electrons. The molecule has 0 unspecified atom stereocenters. The lowest BCUT2D eigenvalue weighted by Crippen LogP contribution is -2.39. The van der Waals surface area contributed by atoms with Crippen molar-refractivity contribution in [3.05, 3.63) is 11.6 Å². The summed E-state index contributed by atoms with van der Waals surface area (Å²) in [4.78, 5) is 23.5. The first-order valence-electron chi connectivity index (χ1n) is 7.80. The van der Waals surface area contributed by atoms with Gasteiger partial charge in [-0.05, 0) is 38.5 Å². The summed E-state index contributed by atoms with van der Waals surface area (Å²) >= 11 is 0. The lowest BCUT2D eigenvalue weighted by Gasteiger charge is -2.32. The molecule has 0 aromatic carbocycles. The van der Waals surface area contributed by atoms with Crippen molar-refractivity contribution < 1.29 is 14.7 Å². The first kappa shape index (κ1) is 15.1. The summed E-state index contributed by atoms with van der Waals surface area (Å²) in [6, 6.07) is 0. The normalized spacial score (nSPS) is 21.3. The lowest BCUT2D eigenvalue weighted by molar-refractivity contribution is -0.154. The van der Waals surface area contributed by atoms with E-state index >= 15 is 0 Å². The van der Waals surface area contributed by atoms with Crippen LogP contribution in [0.25, 0.3) is 0 Å². The molecule has 0 heterocycles. The smallest absolute Gasteiger partial charge is 0.310 e. The number of aliphatic carboxylic acids is 1. The van der Waals surface area contributed by atoms with Gasteiger partial charge in [-0.3, -0.25) is 9.59 Å². The van der Waals surface area contributed by atoms with Crippen LogP contribution in [0.1, 0.15) is 64.2 Å². The maximum absolute atomic E-state index is 12.0. The molecule has 0 bridgehead atoms. The second-order valence-corrected chi connectivity index (χ2v) is 6.18. The van der Waals surface area contributed by atoms with Gasteiger partial charge in [-0.15, -0.1) is 0 Å². The molecule has 20 heavy (non-hydrogen) atoms. The van der Waals surface area contributed by atoms with Gasteiger partial charge in [-0.1, -0.05) is 30.9 Å². The molecule has 0 radical (unpaired) electrons. The molecule has 0 atom stereocenters. The van der Waals surface area contributed by atoms with Crippen molar-refractivity contribution in [1.82, 2.24) is 5.32 Å². The zero-order chi connectivity index (χ0) is 14.4. The van der Waals surface area contributed by atoms with Crippen molar-refractivity contribution in [2.75, 3.05) is 6.54 Å². The zero-order valence-electron chi connectivity index (χ0n) is 12.1. The highest BCUT2D eigenvalue weighted by atomic mass is 16.4. The predicted octanol–water partition coefficient (Wildman–Crippen LogP) is 3.03. The van der Waals surface area contributed by atoms with Crippen molar-refractivity contribution in [2.45, 2.75) is 64.2 Å². The van der Waals surface area contributed by atoms with E-state index in [1.807, 2.05) is 0 Å². The Kier molecular flexibility index (Phi) is 5.21. The van der Waals surface area contributed by atoms with E-state index in [9.17, 15) is 14.7 Å². The molecule has 1 saturated carbocycles. The van der Waals surface area contributed by atoms with E-state index in [-0.39, 0.29) is 12.3 Å². The number of nitrogens with one attached hydrogen (secondary N) is 1. The fourth-order valence-corrected chi connectivity index (χ4v) is 3.39. The third-order valence-electron chi connectivity index (χ3n) is 4.67. The molecule has 1 amide bonds. The number of hydrogen-bond donors (Lipinski definition) is 2. The number of carboxylic acid groups (broad SMARTS) is 1. The minimum atomic E-state index is -0.811. The summed E-state index contributed by atoms with van der Waals surface area (Å²) in [6.07, 6.45) is 11.1. The van der Waals surface area contributed by atoms with Gasteiger partial charge in [-0.2, -0.15) is 0 Å². The molecule has 2 aliphatic rings. The predicted molar refractivity (Wildman–Crippen MR) is 77.3 cm³/mol. The second kappa shape index (κ2) is 6.91. The summed E-state index contributed by atoms with van der Waals surface area (Å²) in [7, 11) is 0. The van der Waals surface area contributed by atoms with Crippen LogP contribution in [0.4, 0.5) is 0 Å². The van der Waals surface area contributed by atoms with Gasteiger partial charge in [-0.25, -0.2) is 0 Å². The van der Waals surface area contributed by atoms with Crippen molar-refractivity contribution >= 4 is 11.9 Å². The minimum Gasteiger partial charge on any atom is -0.481 e. The van der Waals surface area contributed by atoms with Crippen LogP contribution in [0, 0.1) is 5.41 Å². The number of carbonyl (C=O) groups is 2. The minimum absolute atomic E-state index is 0.104. The van der Waals surface area contributed by atoms with E-state index < -0.39 is 11.4 Å². The van der Waals surface area contributed by atoms with Gasteiger partial charge >= 0.3 is 5.97 Å². The number of allylic oxidation sites excluding steroid dienone is 1. The highest BCUT2D eigenvalue weighted by Crippen LogP contribution is 2.39. The molecule has 2 aliphatic carbocycles.